The second kappa shape index (κ2) is 7.41. The Morgan fingerprint density at radius 3 is 2.80 bits per heavy atom. The van der Waals surface area contributed by atoms with E-state index in [9.17, 15) is 4.79 Å². The first kappa shape index (κ1) is 15.0. The van der Waals surface area contributed by atoms with Crippen molar-refractivity contribution in [3.05, 3.63) is 35.9 Å². The predicted molar refractivity (Wildman–Crippen MR) is 77.5 cm³/mol. The summed E-state index contributed by atoms with van der Waals surface area (Å²) in [5.41, 5.74) is 1.22. The Balaban J connectivity index is 2.01. The van der Waals surface area contributed by atoms with Crippen molar-refractivity contribution in [2.75, 3.05) is 34.0 Å². The standard InChI is InChI=1S/C16H23NO3/c1-17(16(18)14-8-9-20-11-14)15(12-19-2)10-13-6-4-3-5-7-13/h3-7,14-15H,8-12H2,1-2H3/t14-,15+/m1/s1. The zero-order valence-corrected chi connectivity index (χ0v) is 12.2. The first-order chi connectivity index (χ1) is 9.72. The van der Waals surface area contributed by atoms with Crippen LogP contribution in [0, 0.1) is 5.92 Å². The van der Waals surface area contributed by atoms with Crippen LogP contribution < -0.4 is 0 Å². The fourth-order valence-electron chi connectivity index (χ4n) is 2.58. The average molecular weight is 277 g/mol. The molecule has 1 aliphatic rings. The Bertz CT molecular complexity index is 415. The number of benzene rings is 1. The van der Waals surface area contributed by atoms with Crippen LogP contribution in [0.1, 0.15) is 12.0 Å². The number of carbonyl (C=O) groups excluding carboxylic acids is 1. The van der Waals surface area contributed by atoms with E-state index in [0.717, 1.165) is 12.8 Å². The Kier molecular flexibility index (Phi) is 5.56. The molecular weight excluding hydrogens is 254 g/mol. The molecule has 0 aliphatic carbocycles. The van der Waals surface area contributed by atoms with Gasteiger partial charge in [-0.2, -0.15) is 0 Å². The molecule has 0 N–H and O–H groups in total. The molecule has 0 aromatic heterocycles. The number of rotatable bonds is 6. The monoisotopic (exact) mass is 277 g/mol. The predicted octanol–water partition coefficient (Wildman–Crippen LogP) is 1.74. The summed E-state index contributed by atoms with van der Waals surface area (Å²) < 4.78 is 10.6. The number of amides is 1. The molecule has 0 radical (unpaired) electrons. The summed E-state index contributed by atoms with van der Waals surface area (Å²) in [6.45, 7) is 1.79. The summed E-state index contributed by atoms with van der Waals surface area (Å²) in [7, 11) is 3.54. The highest BCUT2D eigenvalue weighted by Gasteiger charge is 2.29. The largest absolute Gasteiger partial charge is 0.383 e. The van der Waals surface area contributed by atoms with Gasteiger partial charge in [-0.3, -0.25) is 4.79 Å². The van der Waals surface area contributed by atoms with E-state index < -0.39 is 0 Å². The van der Waals surface area contributed by atoms with Gasteiger partial charge in [0.25, 0.3) is 0 Å². The fraction of sp³-hybridized carbons (Fsp3) is 0.562. The lowest BCUT2D eigenvalue weighted by Crippen LogP contribution is -2.44. The molecule has 1 fully saturated rings. The van der Waals surface area contributed by atoms with Gasteiger partial charge in [0.2, 0.25) is 5.91 Å². The molecule has 1 heterocycles. The van der Waals surface area contributed by atoms with E-state index in [4.69, 9.17) is 9.47 Å². The molecule has 0 bridgehead atoms. The lowest BCUT2D eigenvalue weighted by Gasteiger charge is -2.29. The number of nitrogens with zero attached hydrogens (tertiary/aromatic N) is 1. The minimum absolute atomic E-state index is 0.00938. The van der Waals surface area contributed by atoms with Crippen LogP contribution in [0.5, 0.6) is 0 Å². The van der Waals surface area contributed by atoms with Crippen LogP contribution in [0.2, 0.25) is 0 Å². The number of hydrogen-bond acceptors (Lipinski definition) is 3. The van der Waals surface area contributed by atoms with Crippen molar-refractivity contribution < 1.29 is 14.3 Å². The third-order valence-corrected chi connectivity index (χ3v) is 3.85. The smallest absolute Gasteiger partial charge is 0.228 e. The van der Waals surface area contributed by atoms with E-state index in [-0.39, 0.29) is 17.9 Å². The van der Waals surface area contributed by atoms with Crippen LogP contribution in [-0.4, -0.2) is 50.8 Å². The van der Waals surface area contributed by atoms with E-state index >= 15 is 0 Å². The van der Waals surface area contributed by atoms with Gasteiger partial charge in [-0.05, 0) is 18.4 Å². The maximum absolute atomic E-state index is 12.4. The third-order valence-electron chi connectivity index (χ3n) is 3.85. The number of likely N-dealkylation sites (N-methyl/N-ethyl adjacent to an activating group) is 1. The lowest BCUT2D eigenvalue weighted by atomic mass is 10.0. The summed E-state index contributed by atoms with van der Waals surface area (Å²) in [6.07, 6.45) is 1.64. The van der Waals surface area contributed by atoms with E-state index in [1.807, 2.05) is 30.1 Å². The normalized spacial score (nSPS) is 19.8. The second-order valence-corrected chi connectivity index (χ2v) is 5.31. The number of ether oxygens (including phenoxy) is 2. The number of carbonyl (C=O) groups is 1. The van der Waals surface area contributed by atoms with Gasteiger partial charge in [0.1, 0.15) is 0 Å². The highest BCUT2D eigenvalue weighted by atomic mass is 16.5. The average Bonchev–Trinajstić information content (AvgIpc) is 3.00. The zero-order chi connectivity index (χ0) is 14.4. The summed E-state index contributed by atoms with van der Waals surface area (Å²) >= 11 is 0. The highest BCUT2D eigenvalue weighted by Crippen LogP contribution is 2.18. The van der Waals surface area contributed by atoms with Gasteiger partial charge in [0, 0.05) is 20.8 Å². The Hall–Kier alpha value is -1.39. The lowest BCUT2D eigenvalue weighted by molar-refractivity contribution is -0.137. The van der Waals surface area contributed by atoms with Gasteiger partial charge < -0.3 is 14.4 Å². The Morgan fingerprint density at radius 1 is 1.45 bits per heavy atom. The van der Waals surface area contributed by atoms with Gasteiger partial charge in [-0.15, -0.1) is 0 Å². The number of methoxy groups -OCH3 is 1. The molecule has 0 saturated carbocycles. The minimum Gasteiger partial charge on any atom is -0.383 e. The van der Waals surface area contributed by atoms with Crippen LogP contribution in [0.4, 0.5) is 0 Å². The topological polar surface area (TPSA) is 38.8 Å². The van der Waals surface area contributed by atoms with E-state index in [0.29, 0.717) is 19.8 Å². The van der Waals surface area contributed by atoms with Gasteiger partial charge in [0.05, 0.1) is 25.2 Å². The quantitative estimate of drug-likeness (QED) is 0.795. The second-order valence-electron chi connectivity index (χ2n) is 5.31. The summed E-state index contributed by atoms with van der Waals surface area (Å²) in [5, 5.41) is 0. The van der Waals surface area contributed by atoms with Gasteiger partial charge in [-0.25, -0.2) is 0 Å². The summed E-state index contributed by atoms with van der Waals surface area (Å²) in [4.78, 5) is 14.3. The van der Waals surface area contributed by atoms with Gasteiger partial charge >= 0.3 is 0 Å². The Labute approximate surface area is 120 Å². The maximum atomic E-state index is 12.4. The molecule has 4 heteroatoms. The van der Waals surface area contributed by atoms with Crippen molar-refractivity contribution in [1.29, 1.82) is 0 Å². The van der Waals surface area contributed by atoms with Crippen molar-refractivity contribution in [2.24, 2.45) is 5.92 Å². The third kappa shape index (κ3) is 3.81. The van der Waals surface area contributed by atoms with Crippen LogP contribution in [-0.2, 0) is 20.7 Å². The van der Waals surface area contributed by atoms with Gasteiger partial charge in [0.15, 0.2) is 0 Å². The minimum atomic E-state index is 0.00938. The molecule has 20 heavy (non-hydrogen) atoms. The molecule has 110 valence electrons. The van der Waals surface area contributed by atoms with Crippen molar-refractivity contribution in [2.45, 2.75) is 18.9 Å². The van der Waals surface area contributed by atoms with E-state index in [1.54, 1.807) is 7.11 Å². The molecule has 1 aromatic rings. The van der Waals surface area contributed by atoms with Crippen molar-refractivity contribution in [1.82, 2.24) is 4.90 Å². The first-order valence-electron chi connectivity index (χ1n) is 7.09. The zero-order valence-electron chi connectivity index (χ0n) is 12.2. The molecule has 1 aliphatic heterocycles. The highest BCUT2D eigenvalue weighted by molar-refractivity contribution is 5.79. The molecule has 0 unspecified atom stereocenters. The van der Waals surface area contributed by atoms with E-state index in [1.165, 1.54) is 5.56 Å². The molecule has 2 rings (SSSR count). The number of hydrogen-bond donors (Lipinski definition) is 0. The van der Waals surface area contributed by atoms with Crippen molar-refractivity contribution in [3.8, 4) is 0 Å². The molecule has 2 atom stereocenters. The maximum Gasteiger partial charge on any atom is 0.228 e. The molecular formula is C16H23NO3. The molecule has 1 amide bonds. The van der Waals surface area contributed by atoms with Crippen LogP contribution in [0.25, 0.3) is 0 Å². The van der Waals surface area contributed by atoms with Crippen molar-refractivity contribution >= 4 is 5.91 Å². The summed E-state index contributed by atoms with van der Waals surface area (Å²) in [6, 6.07) is 10.3. The molecule has 1 aromatic carbocycles. The molecule has 4 nitrogen and oxygen atoms in total. The molecule has 1 saturated heterocycles. The fourth-order valence-corrected chi connectivity index (χ4v) is 2.58. The van der Waals surface area contributed by atoms with Crippen molar-refractivity contribution in [3.63, 3.8) is 0 Å². The van der Waals surface area contributed by atoms with Crippen LogP contribution in [0.15, 0.2) is 30.3 Å². The van der Waals surface area contributed by atoms with Gasteiger partial charge in [-0.1, -0.05) is 30.3 Å². The summed E-state index contributed by atoms with van der Waals surface area (Å²) in [5.74, 6) is 0.176. The Morgan fingerprint density at radius 2 is 2.20 bits per heavy atom. The SMILES string of the molecule is COC[C@H](Cc1ccccc1)N(C)C(=O)[C@@H]1CCOC1. The van der Waals surface area contributed by atoms with Crippen LogP contribution in [0.3, 0.4) is 0 Å². The van der Waals surface area contributed by atoms with Crippen LogP contribution >= 0.6 is 0 Å². The van der Waals surface area contributed by atoms with E-state index in [2.05, 4.69) is 12.1 Å². The first-order valence-corrected chi connectivity index (χ1v) is 7.09. The molecule has 0 spiro atoms.